The van der Waals surface area contributed by atoms with E-state index < -0.39 is 0 Å². The first-order chi connectivity index (χ1) is 10.8. The van der Waals surface area contributed by atoms with E-state index in [1.807, 2.05) is 11.0 Å². The number of rotatable bonds is 2. The standard InChI is InChI=1S/C19H20N2O/c22-19(15-9-11-20-13-15)21-12-10-17-16(7-4-8-18(17)21)14-5-2-1-3-6-14/h1-8,15,20H,9-13H2/t15-/m0/s1. The van der Waals surface area contributed by atoms with E-state index in [0.717, 1.165) is 38.2 Å². The minimum absolute atomic E-state index is 0.145. The summed E-state index contributed by atoms with van der Waals surface area (Å²) < 4.78 is 0. The zero-order valence-electron chi connectivity index (χ0n) is 12.6. The molecule has 3 heteroatoms. The Morgan fingerprint density at radius 3 is 2.73 bits per heavy atom. The molecule has 4 rings (SSSR count). The molecule has 2 heterocycles. The number of anilines is 1. The molecule has 2 aliphatic rings. The van der Waals surface area contributed by atoms with E-state index in [-0.39, 0.29) is 11.8 Å². The summed E-state index contributed by atoms with van der Waals surface area (Å²) in [7, 11) is 0. The Labute approximate surface area is 131 Å². The van der Waals surface area contributed by atoms with Crippen LogP contribution in [0.25, 0.3) is 11.1 Å². The molecule has 3 nitrogen and oxygen atoms in total. The lowest BCUT2D eigenvalue weighted by molar-refractivity contribution is -0.121. The van der Waals surface area contributed by atoms with Crippen LogP contribution in [0.1, 0.15) is 12.0 Å². The van der Waals surface area contributed by atoms with Crippen molar-refractivity contribution in [2.24, 2.45) is 5.92 Å². The van der Waals surface area contributed by atoms with Crippen LogP contribution in [-0.4, -0.2) is 25.5 Å². The molecule has 0 unspecified atom stereocenters. The van der Waals surface area contributed by atoms with E-state index in [9.17, 15) is 4.79 Å². The summed E-state index contributed by atoms with van der Waals surface area (Å²) in [5, 5.41) is 3.29. The molecule has 22 heavy (non-hydrogen) atoms. The van der Waals surface area contributed by atoms with Crippen molar-refractivity contribution >= 4 is 11.6 Å². The molecule has 1 amide bonds. The molecular formula is C19H20N2O. The van der Waals surface area contributed by atoms with Gasteiger partial charge in [0, 0.05) is 18.8 Å². The number of amides is 1. The van der Waals surface area contributed by atoms with E-state index in [2.05, 4.69) is 47.8 Å². The maximum absolute atomic E-state index is 12.7. The quantitative estimate of drug-likeness (QED) is 0.923. The highest BCUT2D eigenvalue weighted by Gasteiger charge is 2.32. The Morgan fingerprint density at radius 1 is 1.09 bits per heavy atom. The molecular weight excluding hydrogens is 272 g/mol. The highest BCUT2D eigenvalue weighted by Crippen LogP contribution is 2.37. The summed E-state index contributed by atoms with van der Waals surface area (Å²) in [6.45, 7) is 2.60. The van der Waals surface area contributed by atoms with Gasteiger partial charge < -0.3 is 10.2 Å². The normalized spacial score (nSPS) is 20.2. The SMILES string of the molecule is O=C([C@H]1CCNC1)N1CCc2c(-c3ccccc3)cccc21. The molecule has 0 bridgehead atoms. The predicted octanol–water partition coefficient (Wildman–Crippen LogP) is 2.85. The van der Waals surface area contributed by atoms with Crippen molar-refractivity contribution < 1.29 is 4.79 Å². The summed E-state index contributed by atoms with van der Waals surface area (Å²) in [4.78, 5) is 14.7. The maximum atomic E-state index is 12.7. The lowest BCUT2D eigenvalue weighted by Gasteiger charge is -2.21. The van der Waals surface area contributed by atoms with Gasteiger partial charge in [-0.05, 0) is 42.1 Å². The third-order valence-corrected chi connectivity index (χ3v) is 4.79. The van der Waals surface area contributed by atoms with E-state index in [0.29, 0.717) is 0 Å². The minimum atomic E-state index is 0.145. The van der Waals surface area contributed by atoms with Crippen molar-refractivity contribution in [1.29, 1.82) is 0 Å². The monoisotopic (exact) mass is 292 g/mol. The number of carbonyl (C=O) groups is 1. The van der Waals surface area contributed by atoms with E-state index >= 15 is 0 Å². The lowest BCUT2D eigenvalue weighted by atomic mass is 9.98. The topological polar surface area (TPSA) is 32.3 Å². The van der Waals surface area contributed by atoms with Gasteiger partial charge in [0.25, 0.3) is 0 Å². The summed E-state index contributed by atoms with van der Waals surface area (Å²) in [6, 6.07) is 16.8. The molecule has 2 aliphatic heterocycles. The summed E-state index contributed by atoms with van der Waals surface area (Å²) in [5.41, 5.74) is 4.92. The molecule has 2 aromatic rings. The second-order valence-corrected chi connectivity index (χ2v) is 6.10. The highest BCUT2D eigenvalue weighted by molar-refractivity contribution is 5.98. The van der Waals surface area contributed by atoms with Gasteiger partial charge in [-0.25, -0.2) is 0 Å². The molecule has 0 aromatic heterocycles. The van der Waals surface area contributed by atoms with Gasteiger partial charge in [-0.15, -0.1) is 0 Å². The number of carbonyl (C=O) groups excluding carboxylic acids is 1. The number of fused-ring (bicyclic) bond motifs is 1. The van der Waals surface area contributed by atoms with Gasteiger partial charge in [0.2, 0.25) is 5.91 Å². The third kappa shape index (κ3) is 2.22. The molecule has 1 fully saturated rings. The van der Waals surface area contributed by atoms with E-state index in [1.165, 1.54) is 16.7 Å². The van der Waals surface area contributed by atoms with Crippen molar-refractivity contribution in [2.75, 3.05) is 24.5 Å². The Morgan fingerprint density at radius 2 is 1.95 bits per heavy atom. The van der Waals surface area contributed by atoms with Crippen LogP contribution in [0.5, 0.6) is 0 Å². The van der Waals surface area contributed by atoms with Crippen LogP contribution >= 0.6 is 0 Å². The number of nitrogens with one attached hydrogen (secondary N) is 1. The van der Waals surface area contributed by atoms with Crippen LogP contribution in [0, 0.1) is 5.92 Å². The highest BCUT2D eigenvalue weighted by atomic mass is 16.2. The average Bonchev–Trinajstić information content (AvgIpc) is 3.24. The fourth-order valence-electron chi connectivity index (χ4n) is 3.64. The van der Waals surface area contributed by atoms with Crippen molar-refractivity contribution in [2.45, 2.75) is 12.8 Å². The van der Waals surface area contributed by atoms with Crippen LogP contribution in [0.3, 0.4) is 0 Å². The van der Waals surface area contributed by atoms with Crippen LogP contribution in [0.15, 0.2) is 48.5 Å². The molecule has 2 aromatic carbocycles. The molecule has 0 radical (unpaired) electrons. The largest absolute Gasteiger partial charge is 0.316 e. The first kappa shape index (κ1) is 13.5. The lowest BCUT2D eigenvalue weighted by Crippen LogP contribution is -2.35. The Balaban J connectivity index is 1.70. The second-order valence-electron chi connectivity index (χ2n) is 6.10. The molecule has 0 saturated carbocycles. The van der Waals surface area contributed by atoms with Gasteiger partial charge in [-0.3, -0.25) is 4.79 Å². The van der Waals surface area contributed by atoms with Crippen molar-refractivity contribution in [1.82, 2.24) is 5.32 Å². The maximum Gasteiger partial charge on any atom is 0.231 e. The summed E-state index contributed by atoms with van der Waals surface area (Å²) >= 11 is 0. The zero-order valence-corrected chi connectivity index (χ0v) is 12.6. The van der Waals surface area contributed by atoms with Gasteiger partial charge >= 0.3 is 0 Å². The van der Waals surface area contributed by atoms with Crippen molar-refractivity contribution in [3.05, 3.63) is 54.1 Å². The van der Waals surface area contributed by atoms with Gasteiger partial charge in [0.1, 0.15) is 0 Å². The summed E-state index contributed by atoms with van der Waals surface area (Å²) in [6.07, 6.45) is 1.91. The van der Waals surface area contributed by atoms with E-state index in [1.54, 1.807) is 0 Å². The van der Waals surface area contributed by atoms with Crippen molar-refractivity contribution in [3.63, 3.8) is 0 Å². The van der Waals surface area contributed by atoms with Crippen LogP contribution < -0.4 is 10.2 Å². The minimum Gasteiger partial charge on any atom is -0.316 e. The van der Waals surface area contributed by atoms with Crippen LogP contribution in [0.2, 0.25) is 0 Å². The van der Waals surface area contributed by atoms with Crippen LogP contribution in [0.4, 0.5) is 5.69 Å². The molecule has 0 spiro atoms. The number of hydrogen-bond acceptors (Lipinski definition) is 2. The first-order valence-corrected chi connectivity index (χ1v) is 8.04. The molecule has 112 valence electrons. The number of hydrogen-bond donors (Lipinski definition) is 1. The Hall–Kier alpha value is -2.13. The smallest absolute Gasteiger partial charge is 0.231 e. The third-order valence-electron chi connectivity index (χ3n) is 4.79. The van der Waals surface area contributed by atoms with Gasteiger partial charge in [-0.1, -0.05) is 42.5 Å². The summed E-state index contributed by atoms with van der Waals surface area (Å²) in [5.74, 6) is 0.431. The molecule has 1 N–H and O–H groups in total. The van der Waals surface area contributed by atoms with Gasteiger partial charge in [0.15, 0.2) is 0 Å². The molecule has 0 aliphatic carbocycles. The zero-order chi connectivity index (χ0) is 14.9. The molecule has 1 saturated heterocycles. The van der Waals surface area contributed by atoms with Gasteiger partial charge in [-0.2, -0.15) is 0 Å². The number of benzene rings is 2. The van der Waals surface area contributed by atoms with Crippen LogP contribution in [-0.2, 0) is 11.2 Å². The Kier molecular flexibility index (Phi) is 3.43. The molecule has 1 atom stereocenters. The predicted molar refractivity (Wildman–Crippen MR) is 88.9 cm³/mol. The second kappa shape index (κ2) is 5.58. The van der Waals surface area contributed by atoms with Gasteiger partial charge in [0.05, 0.1) is 5.92 Å². The van der Waals surface area contributed by atoms with E-state index in [4.69, 9.17) is 0 Å². The number of nitrogens with zero attached hydrogens (tertiary/aromatic N) is 1. The fourth-order valence-corrected chi connectivity index (χ4v) is 3.64. The fraction of sp³-hybridized carbons (Fsp3) is 0.316. The first-order valence-electron chi connectivity index (χ1n) is 8.04. The van der Waals surface area contributed by atoms with Crippen molar-refractivity contribution in [3.8, 4) is 11.1 Å². The Bertz CT molecular complexity index is 690. The average molecular weight is 292 g/mol.